The fraction of sp³-hybridized carbons (Fsp3) is 0.733. The molecule has 0 unspecified atom stereocenters. The zero-order valence-electron chi connectivity index (χ0n) is 14.4. The molecule has 1 saturated heterocycles. The number of thiazole rings is 1. The predicted octanol–water partition coefficient (Wildman–Crippen LogP) is 3.27. The Morgan fingerprint density at radius 2 is 1.82 bits per heavy atom. The highest BCUT2D eigenvalue weighted by Gasteiger charge is 2.51. The largest absolute Gasteiger partial charge is 0.464 e. The molecule has 0 saturated carbocycles. The van der Waals surface area contributed by atoms with Gasteiger partial charge in [-0.1, -0.05) is 0 Å². The molecule has 0 atom stereocenters. The quantitative estimate of drug-likeness (QED) is 0.630. The van der Waals surface area contributed by atoms with Crippen LogP contribution >= 0.6 is 11.3 Å². The van der Waals surface area contributed by atoms with E-state index < -0.39 is 11.6 Å². The Morgan fingerprint density at radius 3 is 2.32 bits per heavy atom. The summed E-state index contributed by atoms with van der Waals surface area (Å²) in [6, 6.07) is 0. The number of aromatic nitrogens is 1. The molecule has 1 fully saturated rings. The highest BCUT2D eigenvalue weighted by atomic mass is 32.1. The third-order valence-corrected chi connectivity index (χ3v) is 4.67. The third kappa shape index (κ3) is 3.88. The van der Waals surface area contributed by atoms with Crippen LogP contribution in [0, 0.1) is 0 Å². The topological polar surface area (TPSA) is 57.7 Å². The summed E-state index contributed by atoms with van der Waals surface area (Å²) in [4.78, 5) is 16.3. The monoisotopic (exact) mass is 325 g/mol. The van der Waals surface area contributed by atoms with Crippen molar-refractivity contribution in [2.24, 2.45) is 0 Å². The van der Waals surface area contributed by atoms with Crippen LogP contribution in [0.15, 0.2) is 5.38 Å². The molecule has 0 aromatic carbocycles. The van der Waals surface area contributed by atoms with Gasteiger partial charge in [-0.2, -0.15) is 0 Å². The van der Waals surface area contributed by atoms with Crippen molar-refractivity contribution in [1.82, 2.24) is 4.98 Å². The van der Waals surface area contributed by atoms with Crippen molar-refractivity contribution in [3.63, 3.8) is 0 Å². The first-order valence-corrected chi connectivity index (χ1v) is 8.31. The van der Waals surface area contributed by atoms with Crippen molar-refractivity contribution >= 4 is 24.4 Å². The van der Waals surface area contributed by atoms with Crippen molar-refractivity contribution in [2.45, 2.75) is 71.6 Å². The van der Waals surface area contributed by atoms with Crippen molar-refractivity contribution in [2.75, 3.05) is 0 Å². The van der Waals surface area contributed by atoms with Crippen molar-refractivity contribution in [3.8, 4) is 0 Å². The molecule has 2 heterocycles. The first-order chi connectivity index (χ1) is 9.90. The van der Waals surface area contributed by atoms with Crippen LogP contribution in [0.5, 0.6) is 0 Å². The standard InChI is InChI=1S/C15H24BNO4S/c1-13(2,3)19-12(18)10-9-22-11(17-10)8-16-20-14(4,5)15(6,7)21-16/h9H,8H2,1-7H3. The van der Waals surface area contributed by atoms with E-state index in [-0.39, 0.29) is 18.3 Å². The van der Waals surface area contributed by atoms with Gasteiger partial charge in [0.15, 0.2) is 5.69 Å². The summed E-state index contributed by atoms with van der Waals surface area (Å²) in [5, 5.41) is 2.52. The zero-order chi connectivity index (χ0) is 16.8. The van der Waals surface area contributed by atoms with Gasteiger partial charge < -0.3 is 14.0 Å². The number of ether oxygens (including phenoxy) is 1. The molecule has 0 amide bonds. The predicted molar refractivity (Wildman–Crippen MR) is 87.1 cm³/mol. The summed E-state index contributed by atoms with van der Waals surface area (Å²) in [5.41, 5.74) is -0.898. The first kappa shape index (κ1) is 17.4. The second kappa shape index (κ2) is 5.62. The van der Waals surface area contributed by atoms with Gasteiger partial charge in [-0.3, -0.25) is 0 Å². The Morgan fingerprint density at radius 1 is 1.27 bits per heavy atom. The van der Waals surface area contributed by atoms with Crippen LogP contribution in [-0.4, -0.2) is 34.9 Å². The third-order valence-electron chi connectivity index (χ3n) is 3.80. The number of hydrogen-bond donors (Lipinski definition) is 0. The van der Waals surface area contributed by atoms with E-state index in [0.717, 1.165) is 5.01 Å². The molecular weight excluding hydrogens is 301 g/mol. The SMILES string of the molecule is CC(C)(C)OC(=O)c1csc(CB2OC(C)(C)C(C)(C)O2)n1. The van der Waals surface area contributed by atoms with Gasteiger partial charge in [0.25, 0.3) is 0 Å². The zero-order valence-corrected chi connectivity index (χ0v) is 15.2. The average Bonchev–Trinajstić information content (AvgIpc) is 2.80. The normalized spacial score (nSPS) is 20.2. The Hall–Kier alpha value is -0.915. The van der Waals surface area contributed by atoms with E-state index in [1.165, 1.54) is 11.3 Å². The van der Waals surface area contributed by atoms with Gasteiger partial charge in [0.1, 0.15) is 5.60 Å². The van der Waals surface area contributed by atoms with Crippen LogP contribution in [0.2, 0.25) is 0 Å². The number of hydrogen-bond acceptors (Lipinski definition) is 6. The maximum absolute atomic E-state index is 12.0. The van der Waals surface area contributed by atoms with Crippen LogP contribution in [0.4, 0.5) is 0 Å². The lowest BCUT2D eigenvalue weighted by molar-refractivity contribution is 0.00578. The lowest BCUT2D eigenvalue weighted by Crippen LogP contribution is -2.41. The molecule has 0 aliphatic carbocycles. The molecule has 7 heteroatoms. The molecular formula is C15H24BNO4S. The molecule has 1 aromatic rings. The Balaban J connectivity index is 2.00. The van der Waals surface area contributed by atoms with Gasteiger partial charge in [-0.25, -0.2) is 9.78 Å². The molecule has 1 aromatic heterocycles. The molecule has 1 aliphatic rings. The highest BCUT2D eigenvalue weighted by molar-refractivity contribution is 7.10. The highest BCUT2D eigenvalue weighted by Crippen LogP contribution is 2.37. The minimum absolute atomic E-state index is 0.339. The summed E-state index contributed by atoms with van der Waals surface area (Å²) >= 11 is 1.42. The van der Waals surface area contributed by atoms with Crippen molar-refractivity contribution in [1.29, 1.82) is 0 Å². The van der Waals surface area contributed by atoms with E-state index in [1.54, 1.807) is 5.38 Å². The Labute approximate surface area is 136 Å². The van der Waals surface area contributed by atoms with E-state index in [1.807, 2.05) is 48.5 Å². The number of rotatable bonds is 3. The lowest BCUT2D eigenvalue weighted by Gasteiger charge is -2.32. The molecule has 22 heavy (non-hydrogen) atoms. The molecule has 2 rings (SSSR count). The molecule has 0 bridgehead atoms. The second-order valence-corrected chi connectivity index (χ2v) is 8.46. The van der Waals surface area contributed by atoms with Gasteiger partial charge in [0.05, 0.1) is 16.2 Å². The first-order valence-electron chi connectivity index (χ1n) is 7.43. The minimum Gasteiger partial charge on any atom is -0.455 e. The fourth-order valence-electron chi connectivity index (χ4n) is 2.02. The lowest BCUT2D eigenvalue weighted by atomic mass is 9.85. The van der Waals surface area contributed by atoms with E-state index in [0.29, 0.717) is 12.0 Å². The van der Waals surface area contributed by atoms with Gasteiger partial charge in [0, 0.05) is 11.7 Å². The van der Waals surface area contributed by atoms with Crippen LogP contribution < -0.4 is 0 Å². The number of nitrogens with zero attached hydrogens (tertiary/aromatic N) is 1. The van der Waals surface area contributed by atoms with E-state index >= 15 is 0 Å². The number of carbonyl (C=O) groups is 1. The number of carbonyl (C=O) groups excluding carboxylic acids is 1. The molecule has 0 N–H and O–H groups in total. The maximum Gasteiger partial charge on any atom is 0.464 e. The molecule has 122 valence electrons. The molecule has 0 spiro atoms. The van der Waals surface area contributed by atoms with Crippen LogP contribution in [0.3, 0.4) is 0 Å². The van der Waals surface area contributed by atoms with Crippen molar-refractivity contribution in [3.05, 3.63) is 16.1 Å². The van der Waals surface area contributed by atoms with Crippen molar-refractivity contribution < 1.29 is 18.8 Å². The second-order valence-electron chi connectivity index (χ2n) is 7.52. The molecule has 5 nitrogen and oxygen atoms in total. The number of esters is 1. The molecule has 1 aliphatic heterocycles. The van der Waals surface area contributed by atoms with Crippen LogP contribution in [0.1, 0.15) is 64.0 Å². The van der Waals surface area contributed by atoms with Gasteiger partial charge in [0.2, 0.25) is 0 Å². The van der Waals surface area contributed by atoms with Crippen LogP contribution in [0.25, 0.3) is 0 Å². The van der Waals surface area contributed by atoms with Gasteiger partial charge >= 0.3 is 13.1 Å². The summed E-state index contributed by atoms with van der Waals surface area (Å²) < 4.78 is 17.2. The fourth-order valence-corrected chi connectivity index (χ4v) is 2.80. The Kier molecular flexibility index (Phi) is 4.45. The average molecular weight is 325 g/mol. The van der Waals surface area contributed by atoms with E-state index in [4.69, 9.17) is 14.0 Å². The smallest absolute Gasteiger partial charge is 0.455 e. The summed E-state index contributed by atoms with van der Waals surface area (Å²) in [7, 11) is -0.345. The van der Waals surface area contributed by atoms with E-state index in [9.17, 15) is 4.79 Å². The van der Waals surface area contributed by atoms with Crippen LogP contribution in [-0.2, 0) is 20.4 Å². The van der Waals surface area contributed by atoms with E-state index in [2.05, 4.69) is 4.98 Å². The minimum atomic E-state index is -0.521. The van der Waals surface area contributed by atoms with Gasteiger partial charge in [-0.15, -0.1) is 11.3 Å². The van der Waals surface area contributed by atoms with Gasteiger partial charge in [-0.05, 0) is 48.5 Å². The summed E-state index contributed by atoms with van der Waals surface area (Å²) in [6.45, 7) is 13.6. The summed E-state index contributed by atoms with van der Waals surface area (Å²) in [5.74, 6) is -0.399. The maximum atomic E-state index is 12.0. The molecule has 0 radical (unpaired) electrons. The summed E-state index contributed by atoms with van der Waals surface area (Å²) in [6.07, 6.45) is 0.528. The Bertz CT molecular complexity index is 546.